The summed E-state index contributed by atoms with van der Waals surface area (Å²) in [7, 11) is 0. The number of benzene rings is 1. The van der Waals surface area contributed by atoms with Crippen molar-refractivity contribution in [2.24, 2.45) is 17.3 Å². The lowest BCUT2D eigenvalue weighted by Crippen LogP contribution is -2.80. The summed E-state index contributed by atoms with van der Waals surface area (Å²) in [6, 6.07) is 9.14. The highest BCUT2D eigenvalue weighted by Crippen LogP contribution is 2.61. The third-order valence-corrected chi connectivity index (χ3v) is 13.4. The number of furan rings is 1. The minimum Gasteiger partial charge on any atom is -0.467 e. The van der Waals surface area contributed by atoms with E-state index in [0.29, 0.717) is 0 Å². The standard InChI is InChI=1S/C44H53NO16S/c1-22-28(59-38(52)26(20-46)32(27-15-12-18-56-27)45-39(53)62-40(4,5)6)19-43(54)36(60-37(51)25-13-10-9-11-14-25)34-42(61-24(3)48)21-57-30(42)17-16-29(49)44(34,55)35(50)33(58-23(2)47)31(22)41(43,7)8/h9-15,18,20,26,28-30,32-34,36,49,54-55H,16-17,19,21H2,1-8H3,(H,45,53)/t26-,28+,29+,30-,32-,33-,34-,36+,42+,43-,44+/m1/s1. The lowest BCUT2D eigenvalue weighted by molar-refractivity contribution is -0.322. The summed E-state index contributed by atoms with van der Waals surface area (Å²) in [4.78, 5) is 96.1. The molecule has 11 atom stereocenters. The largest absolute Gasteiger partial charge is 0.467 e. The van der Waals surface area contributed by atoms with Crippen molar-refractivity contribution in [3.8, 4) is 0 Å². The number of carbonyl (C=O) groups excluding carboxylic acids is 7. The molecule has 1 aromatic carbocycles. The van der Waals surface area contributed by atoms with Gasteiger partial charge in [0.05, 0.1) is 30.5 Å². The molecule has 18 heteroatoms. The first-order valence-electron chi connectivity index (χ1n) is 20.2. The maximum Gasteiger partial charge on any atom is 0.338 e. The Balaban J connectivity index is 1.57. The second kappa shape index (κ2) is 17.0. The molecule has 6 rings (SSSR count). The van der Waals surface area contributed by atoms with Gasteiger partial charge in [0.1, 0.15) is 47.9 Å². The SMILES string of the molecule is CC(=O)O[C@H]1C(=O)[C@@]2(O)[C@H]([C@H](OC(=O)c3ccccc3)[C@]3(O)C[C@H](OC(=O)[C@H](C=O)[C@@H](NC(=O)SC(C)(C)C)c4ccco4)C(C)=C1C3(C)C)[C@]1(OC(C)=O)CO[C@@H]1CC[C@@H]2O. The second-order valence-electron chi connectivity index (χ2n) is 17.9. The number of esters is 4. The molecular weight excluding hydrogens is 831 g/mol. The molecule has 0 unspecified atom stereocenters. The summed E-state index contributed by atoms with van der Waals surface area (Å²) in [6.45, 7) is 11.4. The number of amides is 1. The Morgan fingerprint density at radius 3 is 2.19 bits per heavy atom. The van der Waals surface area contributed by atoms with Crippen molar-refractivity contribution in [1.29, 1.82) is 0 Å². The molecule has 2 saturated carbocycles. The Kier molecular flexibility index (Phi) is 12.8. The van der Waals surface area contributed by atoms with E-state index in [1.54, 1.807) is 39.0 Å². The Bertz CT molecular complexity index is 2130. The number of fused-ring (bicyclic) bond motifs is 5. The van der Waals surface area contributed by atoms with Crippen molar-refractivity contribution < 1.29 is 77.0 Å². The number of Topliss-reactive ketones (excluding diaryl/α,β-unsaturated/α-hetero) is 1. The summed E-state index contributed by atoms with van der Waals surface area (Å²) in [5, 5.41) is 40.7. The summed E-state index contributed by atoms with van der Waals surface area (Å²) in [5.41, 5.74) is -9.61. The minimum atomic E-state index is -3.07. The highest BCUT2D eigenvalue weighted by Gasteiger charge is 2.78. The van der Waals surface area contributed by atoms with Gasteiger partial charge in [0.15, 0.2) is 17.3 Å². The van der Waals surface area contributed by atoms with Gasteiger partial charge in [0.2, 0.25) is 5.78 Å². The fourth-order valence-corrected chi connectivity index (χ4v) is 10.3. The average molecular weight is 884 g/mol. The molecule has 3 aliphatic carbocycles. The summed E-state index contributed by atoms with van der Waals surface area (Å²) in [6.07, 6.45) is -8.34. The summed E-state index contributed by atoms with van der Waals surface area (Å²) in [5.74, 6) is -9.19. The summed E-state index contributed by atoms with van der Waals surface area (Å²) < 4.78 is 34.9. The number of thioether (sulfide) groups is 1. The van der Waals surface area contributed by atoms with Crippen LogP contribution in [0.2, 0.25) is 0 Å². The number of ketones is 1. The second-order valence-corrected chi connectivity index (χ2v) is 19.7. The Morgan fingerprint density at radius 2 is 1.65 bits per heavy atom. The molecule has 2 heterocycles. The molecule has 62 heavy (non-hydrogen) atoms. The molecule has 2 aromatic rings. The number of carbonyl (C=O) groups is 7. The molecule has 336 valence electrons. The molecule has 3 fully saturated rings. The molecular formula is C44H53NO16S. The van der Waals surface area contributed by atoms with Gasteiger partial charge in [-0.25, -0.2) is 4.79 Å². The van der Waals surface area contributed by atoms with Gasteiger partial charge in [0.25, 0.3) is 5.24 Å². The third kappa shape index (κ3) is 8.11. The zero-order chi connectivity index (χ0) is 45.7. The fraction of sp³-hybridized carbons (Fsp3) is 0.568. The number of aliphatic hydroxyl groups is 3. The van der Waals surface area contributed by atoms with Crippen LogP contribution in [0.5, 0.6) is 0 Å². The molecule has 1 aliphatic heterocycles. The van der Waals surface area contributed by atoms with Gasteiger partial charge in [-0.15, -0.1) is 0 Å². The smallest absolute Gasteiger partial charge is 0.338 e. The van der Waals surface area contributed by atoms with E-state index in [1.165, 1.54) is 51.3 Å². The normalized spacial score (nSPS) is 32.4. The van der Waals surface area contributed by atoms with E-state index in [4.69, 9.17) is 28.1 Å². The van der Waals surface area contributed by atoms with Crippen LogP contribution in [0.25, 0.3) is 0 Å². The quantitative estimate of drug-likeness (QED) is 0.0873. The number of hydrogen-bond acceptors (Lipinski definition) is 17. The van der Waals surface area contributed by atoms with Crippen LogP contribution in [0, 0.1) is 17.3 Å². The number of aldehydes is 1. The van der Waals surface area contributed by atoms with Crippen molar-refractivity contribution in [3.63, 3.8) is 0 Å². The van der Waals surface area contributed by atoms with Crippen LogP contribution in [0.1, 0.15) is 96.8 Å². The molecule has 17 nitrogen and oxygen atoms in total. The van der Waals surface area contributed by atoms with Crippen molar-refractivity contribution in [3.05, 3.63) is 71.2 Å². The fourth-order valence-electron chi connectivity index (χ4n) is 9.60. The first-order valence-corrected chi connectivity index (χ1v) is 21.1. The van der Waals surface area contributed by atoms with Gasteiger partial charge in [-0.05, 0) is 55.2 Å². The predicted octanol–water partition coefficient (Wildman–Crippen LogP) is 3.71. The van der Waals surface area contributed by atoms with Crippen molar-refractivity contribution in [2.75, 3.05) is 6.61 Å². The van der Waals surface area contributed by atoms with Gasteiger partial charge in [-0.1, -0.05) is 64.6 Å². The zero-order valence-electron chi connectivity index (χ0n) is 35.7. The van der Waals surface area contributed by atoms with Crippen molar-refractivity contribution in [1.82, 2.24) is 5.32 Å². The van der Waals surface area contributed by atoms with E-state index >= 15 is 4.79 Å². The van der Waals surface area contributed by atoms with Crippen LogP contribution in [0.15, 0.2) is 64.3 Å². The molecule has 0 spiro atoms. The first-order chi connectivity index (χ1) is 28.9. The van der Waals surface area contributed by atoms with E-state index in [9.17, 15) is 44.1 Å². The maximum atomic E-state index is 15.4. The Labute approximate surface area is 362 Å². The van der Waals surface area contributed by atoms with Crippen LogP contribution in [-0.4, -0.2) is 115 Å². The molecule has 2 bridgehead atoms. The summed E-state index contributed by atoms with van der Waals surface area (Å²) >= 11 is 0.906. The van der Waals surface area contributed by atoms with E-state index in [0.717, 1.165) is 25.6 Å². The Hall–Kier alpha value is -4.88. The molecule has 1 saturated heterocycles. The zero-order valence-corrected chi connectivity index (χ0v) is 36.5. The molecule has 0 radical (unpaired) electrons. The maximum absolute atomic E-state index is 15.4. The van der Waals surface area contributed by atoms with Gasteiger partial charge in [0, 0.05) is 30.4 Å². The number of rotatable bonds is 10. The highest BCUT2D eigenvalue weighted by molar-refractivity contribution is 8.14. The predicted molar refractivity (Wildman–Crippen MR) is 217 cm³/mol. The van der Waals surface area contributed by atoms with E-state index in [2.05, 4.69) is 5.32 Å². The van der Waals surface area contributed by atoms with Crippen LogP contribution >= 0.6 is 11.8 Å². The van der Waals surface area contributed by atoms with Crippen molar-refractivity contribution >= 4 is 52.9 Å². The van der Waals surface area contributed by atoms with E-state index in [1.807, 2.05) is 0 Å². The number of ether oxygens (including phenoxy) is 5. The van der Waals surface area contributed by atoms with Crippen LogP contribution in [0.4, 0.5) is 4.79 Å². The van der Waals surface area contributed by atoms with Crippen LogP contribution in [0.3, 0.4) is 0 Å². The monoisotopic (exact) mass is 883 g/mol. The number of aliphatic hydroxyl groups excluding tert-OH is 1. The Morgan fingerprint density at radius 1 is 0.968 bits per heavy atom. The van der Waals surface area contributed by atoms with Gasteiger partial charge < -0.3 is 53.5 Å². The van der Waals surface area contributed by atoms with Crippen molar-refractivity contribution in [2.45, 2.75) is 133 Å². The lowest BCUT2D eigenvalue weighted by atomic mass is 9.50. The molecule has 1 amide bonds. The lowest BCUT2D eigenvalue weighted by Gasteiger charge is -2.63. The average Bonchev–Trinajstić information content (AvgIpc) is 3.70. The topological polar surface area (TPSA) is 251 Å². The molecule has 1 aromatic heterocycles. The van der Waals surface area contributed by atoms with Crippen LogP contribution in [-0.2, 0) is 47.7 Å². The minimum absolute atomic E-state index is 0.0177. The van der Waals surface area contributed by atoms with Crippen LogP contribution < -0.4 is 5.32 Å². The van der Waals surface area contributed by atoms with E-state index in [-0.39, 0.29) is 41.6 Å². The van der Waals surface area contributed by atoms with E-state index < -0.39 is 123 Å². The first kappa shape index (κ1) is 46.6. The number of nitrogens with one attached hydrogen (secondary N) is 1. The third-order valence-electron chi connectivity index (χ3n) is 12.5. The van der Waals surface area contributed by atoms with Gasteiger partial charge in [-0.2, -0.15) is 0 Å². The van der Waals surface area contributed by atoms with Gasteiger partial charge >= 0.3 is 23.9 Å². The highest BCUT2D eigenvalue weighted by atomic mass is 32.2. The molecule has 4 aliphatic rings. The number of hydrogen-bond donors (Lipinski definition) is 4. The molecule has 4 N–H and O–H groups in total. The van der Waals surface area contributed by atoms with Gasteiger partial charge in [-0.3, -0.25) is 24.0 Å².